The van der Waals surface area contributed by atoms with E-state index in [2.05, 4.69) is 24.3 Å². The summed E-state index contributed by atoms with van der Waals surface area (Å²) in [6.45, 7) is 5.25. The highest BCUT2D eigenvalue weighted by Crippen LogP contribution is 2.17. The number of hydrogen-bond donors (Lipinski definition) is 1. The smallest absolute Gasteiger partial charge is 0.127 e. The SMILES string of the molecule is CNCCc1nocc1C(C)C. The van der Waals surface area contributed by atoms with Gasteiger partial charge in [0.2, 0.25) is 0 Å². The molecule has 0 fully saturated rings. The summed E-state index contributed by atoms with van der Waals surface area (Å²) in [5.41, 5.74) is 2.31. The highest BCUT2D eigenvalue weighted by molar-refractivity contribution is 5.18. The first-order chi connectivity index (χ1) is 5.75. The van der Waals surface area contributed by atoms with Gasteiger partial charge in [-0.1, -0.05) is 19.0 Å². The predicted octanol–water partition coefficient (Wildman–Crippen LogP) is 1.56. The topological polar surface area (TPSA) is 38.1 Å². The maximum absolute atomic E-state index is 4.93. The molecule has 0 aliphatic carbocycles. The minimum Gasteiger partial charge on any atom is -0.364 e. The van der Waals surface area contributed by atoms with E-state index in [-0.39, 0.29) is 0 Å². The lowest BCUT2D eigenvalue weighted by Gasteiger charge is -2.02. The first kappa shape index (κ1) is 9.26. The summed E-state index contributed by atoms with van der Waals surface area (Å²) in [6, 6.07) is 0. The van der Waals surface area contributed by atoms with Gasteiger partial charge in [0.15, 0.2) is 0 Å². The van der Waals surface area contributed by atoms with Crippen LogP contribution in [0.5, 0.6) is 0 Å². The van der Waals surface area contributed by atoms with Crippen molar-refractivity contribution < 1.29 is 4.52 Å². The molecule has 0 bridgehead atoms. The molecule has 0 spiro atoms. The number of nitrogens with one attached hydrogen (secondary N) is 1. The zero-order valence-electron chi connectivity index (χ0n) is 7.92. The van der Waals surface area contributed by atoms with Crippen LogP contribution in [0, 0.1) is 0 Å². The molecule has 0 saturated heterocycles. The molecule has 1 aromatic rings. The Hall–Kier alpha value is -0.830. The van der Waals surface area contributed by atoms with E-state index in [1.807, 2.05) is 7.05 Å². The average molecular weight is 168 g/mol. The van der Waals surface area contributed by atoms with Gasteiger partial charge in [-0.25, -0.2) is 0 Å². The van der Waals surface area contributed by atoms with Crippen molar-refractivity contribution in [2.75, 3.05) is 13.6 Å². The third kappa shape index (κ3) is 2.08. The van der Waals surface area contributed by atoms with E-state index in [1.165, 1.54) is 5.56 Å². The monoisotopic (exact) mass is 168 g/mol. The molecule has 12 heavy (non-hydrogen) atoms. The van der Waals surface area contributed by atoms with Gasteiger partial charge < -0.3 is 9.84 Å². The number of hydrogen-bond acceptors (Lipinski definition) is 3. The van der Waals surface area contributed by atoms with Crippen molar-refractivity contribution in [1.29, 1.82) is 0 Å². The van der Waals surface area contributed by atoms with Crippen LogP contribution in [0.15, 0.2) is 10.8 Å². The predicted molar refractivity (Wildman–Crippen MR) is 48.2 cm³/mol. The molecule has 1 N–H and O–H groups in total. The molecule has 3 heteroatoms. The second kappa shape index (κ2) is 4.26. The third-order valence-electron chi connectivity index (χ3n) is 1.91. The third-order valence-corrected chi connectivity index (χ3v) is 1.91. The molecule has 0 atom stereocenters. The number of rotatable bonds is 4. The Kier molecular flexibility index (Phi) is 3.29. The van der Waals surface area contributed by atoms with Gasteiger partial charge in [0.05, 0.1) is 5.69 Å². The fourth-order valence-electron chi connectivity index (χ4n) is 1.17. The summed E-state index contributed by atoms with van der Waals surface area (Å²) in [5.74, 6) is 0.503. The van der Waals surface area contributed by atoms with Gasteiger partial charge in [-0.3, -0.25) is 0 Å². The molecular weight excluding hydrogens is 152 g/mol. The molecule has 68 valence electrons. The van der Waals surface area contributed by atoms with Gasteiger partial charge >= 0.3 is 0 Å². The molecule has 0 saturated carbocycles. The molecule has 0 aromatic carbocycles. The minimum absolute atomic E-state index is 0.503. The summed E-state index contributed by atoms with van der Waals surface area (Å²) in [4.78, 5) is 0. The Morgan fingerprint density at radius 1 is 1.58 bits per heavy atom. The van der Waals surface area contributed by atoms with Crippen LogP contribution in [0.3, 0.4) is 0 Å². The van der Waals surface area contributed by atoms with Gasteiger partial charge in [0, 0.05) is 18.5 Å². The molecule has 0 unspecified atom stereocenters. The van der Waals surface area contributed by atoms with E-state index in [0.29, 0.717) is 5.92 Å². The van der Waals surface area contributed by atoms with Crippen LogP contribution in [0.4, 0.5) is 0 Å². The van der Waals surface area contributed by atoms with E-state index in [1.54, 1.807) is 6.26 Å². The fourth-order valence-corrected chi connectivity index (χ4v) is 1.17. The van der Waals surface area contributed by atoms with E-state index < -0.39 is 0 Å². The summed E-state index contributed by atoms with van der Waals surface area (Å²) in [6.07, 6.45) is 2.69. The second-order valence-electron chi connectivity index (χ2n) is 3.22. The van der Waals surface area contributed by atoms with Gasteiger partial charge in [-0.15, -0.1) is 0 Å². The number of likely N-dealkylation sites (N-methyl/N-ethyl adjacent to an activating group) is 1. The Labute approximate surface area is 73.1 Å². The maximum Gasteiger partial charge on any atom is 0.127 e. The van der Waals surface area contributed by atoms with E-state index in [0.717, 1.165) is 18.7 Å². The van der Waals surface area contributed by atoms with Crippen molar-refractivity contribution >= 4 is 0 Å². The zero-order valence-corrected chi connectivity index (χ0v) is 7.92. The molecule has 0 aliphatic heterocycles. The Bertz CT molecular complexity index is 230. The maximum atomic E-state index is 4.93. The van der Waals surface area contributed by atoms with Gasteiger partial charge in [-0.2, -0.15) is 0 Å². The zero-order chi connectivity index (χ0) is 8.97. The molecule has 1 heterocycles. The number of aromatic nitrogens is 1. The van der Waals surface area contributed by atoms with Crippen LogP contribution in [-0.4, -0.2) is 18.7 Å². The van der Waals surface area contributed by atoms with Crippen LogP contribution in [0.25, 0.3) is 0 Å². The largest absolute Gasteiger partial charge is 0.364 e. The lowest BCUT2D eigenvalue weighted by atomic mass is 10.0. The molecular formula is C9H16N2O. The first-order valence-corrected chi connectivity index (χ1v) is 4.33. The van der Waals surface area contributed by atoms with Gasteiger partial charge in [-0.05, 0) is 13.0 Å². The Morgan fingerprint density at radius 3 is 2.92 bits per heavy atom. The van der Waals surface area contributed by atoms with Crippen molar-refractivity contribution in [2.24, 2.45) is 0 Å². The molecule has 0 amide bonds. The Morgan fingerprint density at radius 2 is 2.33 bits per heavy atom. The minimum atomic E-state index is 0.503. The molecule has 3 nitrogen and oxygen atoms in total. The lowest BCUT2D eigenvalue weighted by molar-refractivity contribution is 0.410. The molecule has 0 radical (unpaired) electrons. The average Bonchev–Trinajstić information content (AvgIpc) is 2.48. The van der Waals surface area contributed by atoms with Crippen LogP contribution >= 0.6 is 0 Å². The van der Waals surface area contributed by atoms with E-state index in [4.69, 9.17) is 4.52 Å². The van der Waals surface area contributed by atoms with Crippen LogP contribution in [0.1, 0.15) is 31.0 Å². The van der Waals surface area contributed by atoms with Crippen molar-refractivity contribution in [3.05, 3.63) is 17.5 Å². The fraction of sp³-hybridized carbons (Fsp3) is 0.667. The van der Waals surface area contributed by atoms with Crippen LogP contribution in [0.2, 0.25) is 0 Å². The highest BCUT2D eigenvalue weighted by atomic mass is 16.5. The van der Waals surface area contributed by atoms with Crippen LogP contribution < -0.4 is 5.32 Å². The summed E-state index contributed by atoms with van der Waals surface area (Å²) in [5, 5.41) is 7.05. The number of nitrogens with zero attached hydrogens (tertiary/aromatic N) is 1. The summed E-state index contributed by atoms with van der Waals surface area (Å²) < 4.78 is 4.93. The lowest BCUT2D eigenvalue weighted by Crippen LogP contribution is -2.11. The van der Waals surface area contributed by atoms with E-state index >= 15 is 0 Å². The quantitative estimate of drug-likeness (QED) is 0.741. The molecule has 1 aromatic heterocycles. The van der Waals surface area contributed by atoms with E-state index in [9.17, 15) is 0 Å². The normalized spacial score (nSPS) is 11.0. The summed E-state index contributed by atoms with van der Waals surface area (Å²) >= 11 is 0. The highest BCUT2D eigenvalue weighted by Gasteiger charge is 2.09. The van der Waals surface area contributed by atoms with Crippen molar-refractivity contribution in [2.45, 2.75) is 26.2 Å². The van der Waals surface area contributed by atoms with Gasteiger partial charge in [0.1, 0.15) is 6.26 Å². The van der Waals surface area contributed by atoms with Crippen molar-refractivity contribution in [3.8, 4) is 0 Å². The van der Waals surface area contributed by atoms with Crippen LogP contribution in [-0.2, 0) is 6.42 Å². The van der Waals surface area contributed by atoms with Crippen molar-refractivity contribution in [3.63, 3.8) is 0 Å². The van der Waals surface area contributed by atoms with Crippen molar-refractivity contribution in [1.82, 2.24) is 10.5 Å². The molecule has 1 rings (SSSR count). The van der Waals surface area contributed by atoms with Gasteiger partial charge in [0.25, 0.3) is 0 Å². The molecule has 0 aliphatic rings. The summed E-state index contributed by atoms with van der Waals surface area (Å²) in [7, 11) is 1.94. The standard InChI is InChI=1S/C9H16N2O/c1-7(2)8-6-12-11-9(8)4-5-10-3/h6-7,10H,4-5H2,1-3H3. The first-order valence-electron chi connectivity index (χ1n) is 4.33. The second-order valence-corrected chi connectivity index (χ2v) is 3.22. The Balaban J connectivity index is 2.64.